The molecule has 9 heteroatoms. The van der Waals surface area contributed by atoms with Crippen LogP contribution in [0.4, 0.5) is 0 Å². The van der Waals surface area contributed by atoms with E-state index in [0.717, 1.165) is 57.4 Å². The summed E-state index contributed by atoms with van der Waals surface area (Å²) in [4.78, 5) is 12.7. The van der Waals surface area contributed by atoms with Crippen molar-refractivity contribution in [2.75, 3.05) is 6.61 Å². The largest absolute Gasteiger partial charge is 0.488 e. The zero-order valence-electron chi connectivity index (χ0n) is 31.6. The number of aliphatic hydroxyl groups is 1. The van der Waals surface area contributed by atoms with E-state index in [1.165, 1.54) is 0 Å². The first-order valence-electron chi connectivity index (χ1n) is 18.1. The van der Waals surface area contributed by atoms with Crippen LogP contribution in [-0.2, 0) is 38.3 Å². The zero-order valence-corrected chi connectivity index (χ0v) is 34.7. The third-order valence-corrected chi connectivity index (χ3v) is 15.5. The molecular weight excluding hydrogens is 747 g/mol. The molecule has 4 atom stereocenters. The van der Waals surface area contributed by atoms with Crippen molar-refractivity contribution in [1.82, 2.24) is 0 Å². The standard InChI is InChI=1S/C40H61IO7Si/c1-11-17-30(33(42)20-22-40(35(12-2)48-40)38(43)44-13-3)21-23-45-34-25-31(24-28(4)5)37(46-26-29-18-15-14-16-19-29)32(36(34)41)27-47-49(9,10)39(6,7)8/h14-16,18-19,21,23,25,28,30,33,35,42H,11-13,17,20,22,24,26-27H2,1-10H3/b23-21+/t30?,33?,35-,40+/m0/s1. The fraction of sp³-hybridized carbons (Fsp3) is 0.625. The number of epoxide rings is 1. The number of halogens is 1. The molecule has 1 fully saturated rings. The summed E-state index contributed by atoms with van der Waals surface area (Å²) in [5.41, 5.74) is 2.28. The van der Waals surface area contributed by atoms with Crippen molar-refractivity contribution >= 4 is 36.9 Å². The molecule has 1 aliphatic rings. The van der Waals surface area contributed by atoms with E-state index in [1.54, 1.807) is 13.2 Å². The van der Waals surface area contributed by atoms with Crippen LogP contribution in [0, 0.1) is 15.4 Å². The molecule has 0 radical (unpaired) electrons. The third kappa shape index (κ3) is 11.3. The summed E-state index contributed by atoms with van der Waals surface area (Å²) in [5.74, 6) is 1.57. The van der Waals surface area contributed by atoms with Crippen LogP contribution in [0.25, 0.3) is 0 Å². The lowest BCUT2D eigenvalue weighted by atomic mass is 9.89. The first kappa shape index (κ1) is 41.5. The fourth-order valence-electron chi connectivity index (χ4n) is 5.84. The highest BCUT2D eigenvalue weighted by Crippen LogP contribution is 2.45. The maximum atomic E-state index is 12.7. The van der Waals surface area contributed by atoms with Gasteiger partial charge in [0.15, 0.2) is 13.9 Å². The van der Waals surface area contributed by atoms with Crippen LogP contribution in [0.3, 0.4) is 0 Å². The molecule has 0 aliphatic carbocycles. The summed E-state index contributed by atoms with van der Waals surface area (Å²) in [7, 11) is -2.06. The minimum Gasteiger partial charge on any atom is -0.488 e. The molecule has 1 heterocycles. The molecule has 0 spiro atoms. The van der Waals surface area contributed by atoms with Gasteiger partial charge in [-0.3, -0.25) is 0 Å². The second-order valence-electron chi connectivity index (χ2n) is 15.2. The molecular formula is C40H61IO7Si. The van der Waals surface area contributed by atoms with Crippen LogP contribution in [0.15, 0.2) is 48.7 Å². The summed E-state index contributed by atoms with van der Waals surface area (Å²) in [6, 6.07) is 12.3. The molecule has 1 aliphatic heterocycles. The summed E-state index contributed by atoms with van der Waals surface area (Å²) in [6.45, 7) is 22.8. The zero-order chi connectivity index (χ0) is 36.4. The van der Waals surface area contributed by atoms with Gasteiger partial charge in [0.05, 0.1) is 35.3 Å². The Balaban J connectivity index is 1.90. The Morgan fingerprint density at radius 2 is 1.80 bits per heavy atom. The second kappa shape index (κ2) is 18.5. The normalized spacial score (nSPS) is 19.2. The van der Waals surface area contributed by atoms with Crippen molar-refractivity contribution < 1.29 is 33.3 Å². The Labute approximate surface area is 310 Å². The Kier molecular flexibility index (Phi) is 15.7. The van der Waals surface area contributed by atoms with Crippen molar-refractivity contribution in [2.24, 2.45) is 11.8 Å². The molecule has 49 heavy (non-hydrogen) atoms. The van der Waals surface area contributed by atoms with E-state index in [9.17, 15) is 9.90 Å². The minimum absolute atomic E-state index is 0.0648. The molecule has 2 unspecified atom stereocenters. The lowest BCUT2D eigenvalue weighted by Gasteiger charge is -2.36. The van der Waals surface area contributed by atoms with Gasteiger partial charge < -0.3 is 28.5 Å². The van der Waals surface area contributed by atoms with E-state index >= 15 is 0 Å². The lowest BCUT2D eigenvalue weighted by Crippen LogP contribution is -2.40. The van der Waals surface area contributed by atoms with Crippen molar-refractivity contribution in [1.29, 1.82) is 0 Å². The van der Waals surface area contributed by atoms with E-state index in [1.807, 2.05) is 31.2 Å². The van der Waals surface area contributed by atoms with Gasteiger partial charge in [-0.2, -0.15) is 0 Å². The van der Waals surface area contributed by atoms with Crippen molar-refractivity contribution in [3.63, 3.8) is 0 Å². The molecule has 1 N–H and O–H groups in total. The van der Waals surface area contributed by atoms with Gasteiger partial charge in [0, 0.05) is 11.5 Å². The molecule has 3 rings (SSSR count). The van der Waals surface area contributed by atoms with Crippen molar-refractivity contribution in [3.05, 3.63) is 69.0 Å². The number of hydrogen-bond acceptors (Lipinski definition) is 7. The molecule has 2 aromatic rings. The van der Waals surface area contributed by atoms with Crippen molar-refractivity contribution in [2.45, 2.75) is 143 Å². The maximum absolute atomic E-state index is 12.7. The van der Waals surface area contributed by atoms with Gasteiger partial charge >= 0.3 is 5.97 Å². The summed E-state index contributed by atoms with van der Waals surface area (Å²) in [6.07, 6.45) is 6.99. The van der Waals surface area contributed by atoms with Gasteiger partial charge in [-0.25, -0.2) is 4.79 Å². The average Bonchev–Trinajstić information content (AvgIpc) is 3.78. The van der Waals surface area contributed by atoms with Crippen LogP contribution in [0.5, 0.6) is 11.5 Å². The summed E-state index contributed by atoms with van der Waals surface area (Å²) in [5, 5.41) is 11.4. The minimum atomic E-state index is -2.06. The van der Waals surface area contributed by atoms with Gasteiger partial charge in [0.2, 0.25) is 0 Å². The number of carbonyl (C=O) groups is 1. The fourth-order valence-corrected chi connectivity index (χ4v) is 7.46. The highest BCUT2D eigenvalue weighted by molar-refractivity contribution is 14.1. The Hall–Kier alpha value is -1.92. The molecule has 274 valence electrons. The smallest absolute Gasteiger partial charge is 0.341 e. The number of rotatable bonds is 20. The Bertz CT molecular complexity index is 1370. The predicted octanol–water partition coefficient (Wildman–Crippen LogP) is 10.2. The summed E-state index contributed by atoms with van der Waals surface area (Å²) >= 11 is 2.37. The monoisotopic (exact) mass is 808 g/mol. The van der Waals surface area contributed by atoms with Crippen LogP contribution in [0.1, 0.15) is 104 Å². The quantitative estimate of drug-likeness (QED) is 0.0469. The third-order valence-electron chi connectivity index (χ3n) is 9.85. The summed E-state index contributed by atoms with van der Waals surface area (Å²) < 4.78 is 31.9. The van der Waals surface area contributed by atoms with E-state index in [4.69, 9.17) is 23.4 Å². The van der Waals surface area contributed by atoms with Crippen LogP contribution in [-0.4, -0.2) is 43.8 Å². The van der Waals surface area contributed by atoms with Crippen LogP contribution < -0.4 is 9.47 Å². The Morgan fingerprint density at radius 1 is 1.10 bits per heavy atom. The molecule has 2 aromatic carbocycles. The average molecular weight is 809 g/mol. The van der Waals surface area contributed by atoms with E-state index in [0.29, 0.717) is 38.6 Å². The number of hydrogen-bond donors (Lipinski definition) is 1. The molecule has 0 aromatic heterocycles. The highest BCUT2D eigenvalue weighted by atomic mass is 127. The lowest BCUT2D eigenvalue weighted by molar-refractivity contribution is -0.150. The predicted molar refractivity (Wildman–Crippen MR) is 208 cm³/mol. The topological polar surface area (TPSA) is 86.8 Å². The van der Waals surface area contributed by atoms with E-state index < -0.39 is 20.0 Å². The van der Waals surface area contributed by atoms with E-state index in [2.05, 4.69) is 95.4 Å². The van der Waals surface area contributed by atoms with Crippen molar-refractivity contribution in [3.8, 4) is 11.5 Å². The first-order chi connectivity index (χ1) is 23.1. The Morgan fingerprint density at radius 3 is 2.37 bits per heavy atom. The van der Waals surface area contributed by atoms with Crippen LogP contribution >= 0.6 is 22.6 Å². The first-order valence-corrected chi connectivity index (χ1v) is 22.1. The highest BCUT2D eigenvalue weighted by Gasteiger charge is 2.62. The van der Waals surface area contributed by atoms with Gasteiger partial charge in [-0.15, -0.1) is 0 Å². The van der Waals surface area contributed by atoms with E-state index in [-0.39, 0.29) is 23.0 Å². The molecule has 0 bridgehead atoms. The van der Waals surface area contributed by atoms with Gasteiger partial charge in [-0.05, 0) is 109 Å². The maximum Gasteiger partial charge on any atom is 0.341 e. The number of esters is 1. The number of benzene rings is 2. The molecule has 0 saturated carbocycles. The molecule has 1 saturated heterocycles. The second-order valence-corrected chi connectivity index (χ2v) is 21.1. The van der Waals surface area contributed by atoms with Gasteiger partial charge in [0.25, 0.3) is 0 Å². The van der Waals surface area contributed by atoms with Gasteiger partial charge in [-0.1, -0.05) is 85.2 Å². The molecule has 7 nitrogen and oxygen atoms in total. The van der Waals surface area contributed by atoms with Crippen LogP contribution in [0.2, 0.25) is 18.1 Å². The number of ether oxygens (including phenoxy) is 4. The number of carbonyl (C=O) groups excluding carboxylic acids is 1. The van der Waals surface area contributed by atoms with Gasteiger partial charge in [0.1, 0.15) is 18.1 Å². The SMILES string of the molecule is CCCC(/C=C/Oc1cc(CC(C)C)c(OCc2ccccc2)c(CO[Si](C)(C)C(C)(C)C)c1I)C(O)CC[C@@]1(C(=O)OCC)O[C@H]1CC. The number of aliphatic hydroxyl groups excluding tert-OH is 1. The molecule has 0 amide bonds.